The van der Waals surface area contributed by atoms with Crippen molar-refractivity contribution in [2.75, 3.05) is 0 Å². The van der Waals surface area contributed by atoms with Crippen molar-refractivity contribution < 1.29 is 27.5 Å². The number of hydrogen-bond donors (Lipinski definition) is 1. The predicted octanol–water partition coefficient (Wildman–Crippen LogP) is 3.90. The third-order valence-corrected chi connectivity index (χ3v) is 4.90. The number of amides is 1. The van der Waals surface area contributed by atoms with Crippen molar-refractivity contribution in [3.8, 4) is 5.88 Å². The van der Waals surface area contributed by atoms with Crippen LogP contribution in [0.1, 0.15) is 35.7 Å². The van der Waals surface area contributed by atoms with E-state index in [1.807, 2.05) is 6.92 Å². The average molecular weight is 414 g/mol. The highest BCUT2D eigenvalue weighted by Gasteiger charge is 2.32. The third-order valence-electron chi connectivity index (χ3n) is 3.91. The Kier molecular flexibility index (Phi) is 5.45. The van der Waals surface area contributed by atoms with E-state index in [2.05, 4.69) is 15.0 Å². The fourth-order valence-corrected chi connectivity index (χ4v) is 3.51. The number of carbonyl (C=O) groups is 1. The Labute approximate surface area is 159 Å². The number of benzene rings is 1. The average Bonchev–Trinajstić information content (AvgIpc) is 2.97. The van der Waals surface area contributed by atoms with Gasteiger partial charge >= 0.3 is 6.18 Å². The van der Waals surface area contributed by atoms with Crippen LogP contribution < -0.4 is 4.80 Å². The van der Waals surface area contributed by atoms with Crippen LogP contribution in [-0.4, -0.2) is 25.5 Å². The van der Waals surface area contributed by atoms with Gasteiger partial charge in [-0.1, -0.05) is 24.7 Å². The number of aromatic nitrogens is 3. The van der Waals surface area contributed by atoms with Gasteiger partial charge < -0.3 is 9.67 Å². The fourth-order valence-electron chi connectivity index (χ4n) is 2.52. The minimum Gasteiger partial charge on any atom is -0.492 e. The molecule has 3 aromatic rings. The SMILES string of the molecule is CCCCn1/c(=N/C(=O)c2cc(C(F)(F)F)ccc2F)sc2ncnc(O)c21. The smallest absolute Gasteiger partial charge is 0.416 e. The van der Waals surface area contributed by atoms with E-state index in [1.165, 1.54) is 4.57 Å². The van der Waals surface area contributed by atoms with Gasteiger partial charge in [-0.05, 0) is 24.6 Å². The van der Waals surface area contributed by atoms with Crippen LogP contribution in [-0.2, 0) is 12.7 Å². The summed E-state index contributed by atoms with van der Waals surface area (Å²) >= 11 is 0.947. The van der Waals surface area contributed by atoms with Crippen LogP contribution in [0.3, 0.4) is 0 Å². The summed E-state index contributed by atoms with van der Waals surface area (Å²) in [7, 11) is 0. The number of rotatable bonds is 4. The number of aryl methyl sites for hydroxylation is 1. The van der Waals surface area contributed by atoms with Crippen LogP contribution >= 0.6 is 11.3 Å². The highest BCUT2D eigenvalue weighted by molar-refractivity contribution is 7.16. The Morgan fingerprint density at radius 3 is 2.75 bits per heavy atom. The van der Waals surface area contributed by atoms with Crippen LogP contribution in [0.25, 0.3) is 10.3 Å². The maximum atomic E-state index is 14.0. The standard InChI is InChI=1S/C17H14F4N4O2S/c1-2-3-6-25-12-14(27)22-8-23-15(12)28-16(25)24-13(26)10-7-9(17(19,20)21)4-5-11(10)18/h4-5,7-8H,2-3,6H2,1H3,(H,22,23,27)/b24-16-. The molecule has 1 aromatic carbocycles. The first-order valence-corrected chi connectivity index (χ1v) is 9.03. The molecule has 0 aliphatic carbocycles. The lowest BCUT2D eigenvalue weighted by atomic mass is 10.1. The largest absolute Gasteiger partial charge is 0.492 e. The molecule has 148 valence electrons. The van der Waals surface area contributed by atoms with E-state index in [-0.39, 0.29) is 16.2 Å². The lowest BCUT2D eigenvalue weighted by Gasteiger charge is -2.08. The molecule has 0 aliphatic heterocycles. The zero-order valence-electron chi connectivity index (χ0n) is 14.5. The summed E-state index contributed by atoms with van der Waals surface area (Å²) in [6.07, 6.45) is -2.10. The van der Waals surface area contributed by atoms with Gasteiger partial charge in [0.25, 0.3) is 5.91 Å². The van der Waals surface area contributed by atoms with Crippen LogP contribution in [0.4, 0.5) is 17.6 Å². The first kappa shape index (κ1) is 19.9. The number of unbranched alkanes of at least 4 members (excludes halogenated alkanes) is 1. The monoisotopic (exact) mass is 414 g/mol. The van der Waals surface area contributed by atoms with E-state index in [0.29, 0.717) is 36.0 Å². The van der Waals surface area contributed by atoms with Gasteiger partial charge in [0.2, 0.25) is 5.88 Å². The Bertz CT molecular complexity index is 1100. The van der Waals surface area contributed by atoms with E-state index < -0.39 is 29.0 Å². The summed E-state index contributed by atoms with van der Waals surface area (Å²) in [4.78, 5) is 24.4. The van der Waals surface area contributed by atoms with Gasteiger partial charge in [-0.25, -0.2) is 14.4 Å². The summed E-state index contributed by atoms with van der Waals surface area (Å²) in [6, 6.07) is 1.57. The molecule has 1 amide bonds. The second kappa shape index (κ2) is 7.66. The van der Waals surface area contributed by atoms with E-state index in [9.17, 15) is 27.5 Å². The van der Waals surface area contributed by atoms with Gasteiger partial charge in [0, 0.05) is 6.54 Å². The minimum absolute atomic E-state index is 0.0843. The lowest BCUT2D eigenvalue weighted by Crippen LogP contribution is -2.18. The molecule has 0 saturated carbocycles. The molecule has 0 saturated heterocycles. The number of halogens is 4. The molecule has 1 N–H and O–H groups in total. The highest BCUT2D eigenvalue weighted by Crippen LogP contribution is 2.30. The number of fused-ring (bicyclic) bond motifs is 1. The van der Waals surface area contributed by atoms with Crippen LogP contribution in [0.15, 0.2) is 29.5 Å². The maximum Gasteiger partial charge on any atom is 0.416 e. The first-order chi connectivity index (χ1) is 13.2. The van der Waals surface area contributed by atoms with E-state index in [4.69, 9.17) is 0 Å². The Morgan fingerprint density at radius 1 is 1.32 bits per heavy atom. The Hall–Kier alpha value is -2.82. The van der Waals surface area contributed by atoms with Crippen molar-refractivity contribution in [1.82, 2.24) is 14.5 Å². The molecular weight excluding hydrogens is 400 g/mol. The molecule has 2 heterocycles. The van der Waals surface area contributed by atoms with Crippen molar-refractivity contribution in [1.29, 1.82) is 0 Å². The second-order valence-corrected chi connectivity index (χ2v) is 6.81. The lowest BCUT2D eigenvalue weighted by molar-refractivity contribution is -0.137. The van der Waals surface area contributed by atoms with E-state index in [0.717, 1.165) is 24.1 Å². The third kappa shape index (κ3) is 3.88. The molecule has 0 spiro atoms. The number of carbonyl (C=O) groups excluding carboxylic acids is 1. The molecular formula is C17H14F4N4O2S. The van der Waals surface area contributed by atoms with Gasteiger partial charge in [0.05, 0.1) is 11.1 Å². The summed E-state index contributed by atoms with van der Waals surface area (Å²) in [6.45, 7) is 2.31. The van der Waals surface area contributed by atoms with Gasteiger partial charge in [0.1, 0.15) is 17.7 Å². The molecule has 0 fully saturated rings. The zero-order valence-corrected chi connectivity index (χ0v) is 15.3. The summed E-state index contributed by atoms with van der Waals surface area (Å²) in [5.74, 6) is -2.57. The molecule has 0 bridgehead atoms. The highest BCUT2D eigenvalue weighted by atomic mass is 32.1. The summed E-state index contributed by atoms with van der Waals surface area (Å²) in [5.41, 5.74) is -1.67. The Balaban J connectivity index is 2.15. The number of nitrogens with zero attached hydrogens (tertiary/aromatic N) is 4. The quantitative estimate of drug-likeness (QED) is 0.657. The van der Waals surface area contributed by atoms with Gasteiger partial charge in [-0.15, -0.1) is 0 Å². The molecule has 0 unspecified atom stereocenters. The molecule has 0 radical (unpaired) electrons. The molecule has 0 atom stereocenters. The number of aromatic hydroxyl groups is 1. The van der Waals surface area contributed by atoms with Gasteiger partial charge in [0.15, 0.2) is 9.63 Å². The number of thiazole rings is 1. The van der Waals surface area contributed by atoms with Crippen molar-refractivity contribution >= 4 is 27.6 Å². The van der Waals surface area contributed by atoms with Crippen molar-refractivity contribution in [3.63, 3.8) is 0 Å². The molecule has 28 heavy (non-hydrogen) atoms. The fraction of sp³-hybridized carbons (Fsp3) is 0.294. The van der Waals surface area contributed by atoms with E-state index in [1.54, 1.807) is 0 Å². The number of alkyl halides is 3. The van der Waals surface area contributed by atoms with Crippen molar-refractivity contribution in [2.45, 2.75) is 32.5 Å². The normalized spacial score (nSPS) is 12.7. The zero-order chi connectivity index (χ0) is 20.5. The van der Waals surface area contributed by atoms with E-state index >= 15 is 0 Å². The maximum absolute atomic E-state index is 14.0. The minimum atomic E-state index is -4.72. The molecule has 6 nitrogen and oxygen atoms in total. The molecule has 2 aromatic heterocycles. The second-order valence-electron chi connectivity index (χ2n) is 5.85. The van der Waals surface area contributed by atoms with Crippen molar-refractivity contribution in [2.24, 2.45) is 4.99 Å². The predicted molar refractivity (Wildman–Crippen MR) is 93.3 cm³/mol. The molecule has 0 aliphatic rings. The number of hydrogen-bond acceptors (Lipinski definition) is 5. The molecule has 11 heteroatoms. The topological polar surface area (TPSA) is 80.4 Å². The van der Waals surface area contributed by atoms with Crippen LogP contribution in [0, 0.1) is 5.82 Å². The summed E-state index contributed by atoms with van der Waals surface area (Å²) < 4.78 is 54.1. The first-order valence-electron chi connectivity index (χ1n) is 8.21. The van der Waals surface area contributed by atoms with Crippen LogP contribution in [0.5, 0.6) is 5.88 Å². The van der Waals surface area contributed by atoms with Gasteiger partial charge in [-0.2, -0.15) is 18.2 Å². The summed E-state index contributed by atoms with van der Waals surface area (Å²) in [5, 5.41) is 10.0. The van der Waals surface area contributed by atoms with Crippen LogP contribution in [0.2, 0.25) is 0 Å². The van der Waals surface area contributed by atoms with Crippen molar-refractivity contribution in [3.05, 3.63) is 46.3 Å². The Morgan fingerprint density at radius 2 is 2.07 bits per heavy atom. The van der Waals surface area contributed by atoms with Gasteiger partial charge in [-0.3, -0.25) is 4.79 Å². The molecule has 3 rings (SSSR count).